The molecule has 148 valence electrons. The number of amides is 1. The highest BCUT2D eigenvalue weighted by Crippen LogP contribution is 2.33. The molecule has 1 aliphatic heterocycles. The predicted octanol–water partition coefficient (Wildman–Crippen LogP) is 3.92. The van der Waals surface area contributed by atoms with Gasteiger partial charge in [0.1, 0.15) is 10.7 Å². The molecule has 0 aliphatic carbocycles. The average molecular weight is 400 g/mol. The zero-order chi connectivity index (χ0) is 20.6. The van der Waals surface area contributed by atoms with E-state index in [9.17, 15) is 13.2 Å². The van der Waals surface area contributed by atoms with E-state index in [-0.39, 0.29) is 10.8 Å². The third-order valence-electron chi connectivity index (χ3n) is 5.05. The van der Waals surface area contributed by atoms with Crippen molar-refractivity contribution < 1.29 is 13.2 Å². The number of anilines is 2. The Kier molecular flexibility index (Phi) is 5.30. The van der Waals surface area contributed by atoms with E-state index in [0.717, 1.165) is 23.2 Å². The van der Waals surface area contributed by atoms with Crippen LogP contribution in [0.3, 0.4) is 0 Å². The Bertz CT molecular complexity index is 1070. The molecular weight excluding hydrogens is 374 g/mol. The van der Waals surface area contributed by atoms with Crippen LogP contribution in [0.1, 0.15) is 41.8 Å². The third kappa shape index (κ3) is 3.54. The number of sulfonamides is 1. The van der Waals surface area contributed by atoms with Crippen LogP contribution in [0.25, 0.3) is 0 Å². The molecule has 6 nitrogen and oxygen atoms in total. The average Bonchev–Trinajstić information content (AvgIpc) is 2.65. The molecule has 0 atom stereocenters. The van der Waals surface area contributed by atoms with Crippen molar-refractivity contribution in [2.24, 2.45) is 4.40 Å². The molecule has 2 aromatic carbocycles. The smallest absolute Gasteiger partial charge is 0.286 e. The van der Waals surface area contributed by atoms with Crippen molar-refractivity contribution in [3.05, 3.63) is 53.1 Å². The Morgan fingerprint density at radius 3 is 2.43 bits per heavy atom. The Hall–Kier alpha value is -2.67. The quantitative estimate of drug-likeness (QED) is 0.781. The number of amidine groups is 1. The molecule has 0 unspecified atom stereocenters. The maximum absolute atomic E-state index is 13.0. The van der Waals surface area contributed by atoms with E-state index in [1.54, 1.807) is 26.1 Å². The van der Waals surface area contributed by atoms with Crippen molar-refractivity contribution in [2.75, 3.05) is 23.4 Å². The molecule has 0 saturated carbocycles. The van der Waals surface area contributed by atoms with Gasteiger partial charge in [-0.15, -0.1) is 4.40 Å². The van der Waals surface area contributed by atoms with Gasteiger partial charge in [-0.05, 0) is 68.7 Å². The van der Waals surface area contributed by atoms with Gasteiger partial charge in [0.15, 0.2) is 0 Å². The van der Waals surface area contributed by atoms with Gasteiger partial charge in [-0.2, -0.15) is 8.42 Å². The number of rotatable bonds is 4. The number of nitrogens with zero attached hydrogens (tertiary/aromatic N) is 3. The van der Waals surface area contributed by atoms with Crippen LogP contribution in [0.5, 0.6) is 0 Å². The SMILES string of the molecule is CCCN1C(C)=NS(=O)(=O)c2cc(C(=O)N(C)c3ccc(C)c(C)c3)ccc21. The fourth-order valence-corrected chi connectivity index (χ4v) is 4.54. The summed E-state index contributed by atoms with van der Waals surface area (Å²) in [6.07, 6.45) is 0.850. The van der Waals surface area contributed by atoms with Crippen molar-refractivity contribution in [1.82, 2.24) is 0 Å². The summed E-state index contributed by atoms with van der Waals surface area (Å²) in [6.45, 7) is 8.37. The van der Waals surface area contributed by atoms with Crippen LogP contribution < -0.4 is 9.80 Å². The molecule has 0 saturated heterocycles. The van der Waals surface area contributed by atoms with Gasteiger partial charge in [-0.3, -0.25) is 4.79 Å². The number of aryl methyl sites for hydroxylation is 2. The molecule has 1 aliphatic rings. The lowest BCUT2D eigenvalue weighted by molar-refractivity contribution is 0.0993. The van der Waals surface area contributed by atoms with Gasteiger partial charge < -0.3 is 9.80 Å². The Balaban J connectivity index is 2.01. The molecule has 0 N–H and O–H groups in total. The van der Waals surface area contributed by atoms with Crippen molar-refractivity contribution in [3.8, 4) is 0 Å². The minimum absolute atomic E-state index is 0.0749. The highest BCUT2D eigenvalue weighted by atomic mass is 32.2. The van der Waals surface area contributed by atoms with Crippen LogP contribution in [0, 0.1) is 13.8 Å². The summed E-state index contributed by atoms with van der Waals surface area (Å²) in [4.78, 5) is 16.5. The van der Waals surface area contributed by atoms with Crippen LogP contribution in [-0.4, -0.2) is 33.8 Å². The van der Waals surface area contributed by atoms with Gasteiger partial charge >= 0.3 is 0 Å². The van der Waals surface area contributed by atoms with Crippen molar-refractivity contribution in [3.63, 3.8) is 0 Å². The van der Waals surface area contributed by atoms with Crippen LogP contribution >= 0.6 is 0 Å². The number of carbonyl (C=O) groups excluding carboxylic acids is 1. The number of carbonyl (C=O) groups is 1. The maximum Gasteiger partial charge on any atom is 0.286 e. The number of hydrogen-bond donors (Lipinski definition) is 0. The topological polar surface area (TPSA) is 70.0 Å². The second kappa shape index (κ2) is 7.39. The first-order valence-electron chi connectivity index (χ1n) is 9.24. The van der Waals surface area contributed by atoms with Crippen LogP contribution in [0.15, 0.2) is 45.7 Å². The number of hydrogen-bond acceptors (Lipinski definition) is 4. The predicted molar refractivity (Wildman–Crippen MR) is 113 cm³/mol. The van der Waals surface area contributed by atoms with Crippen LogP contribution in [0.4, 0.5) is 11.4 Å². The maximum atomic E-state index is 13.0. The second-order valence-corrected chi connectivity index (χ2v) is 8.65. The second-order valence-electron chi connectivity index (χ2n) is 7.08. The highest BCUT2D eigenvalue weighted by molar-refractivity contribution is 7.90. The Morgan fingerprint density at radius 1 is 1.07 bits per heavy atom. The van der Waals surface area contributed by atoms with Gasteiger partial charge in [-0.1, -0.05) is 13.0 Å². The number of fused-ring (bicyclic) bond motifs is 1. The summed E-state index contributed by atoms with van der Waals surface area (Å²) in [5, 5.41) is 0. The first kappa shape index (κ1) is 20.1. The van der Waals surface area contributed by atoms with Crippen molar-refractivity contribution >= 4 is 33.1 Å². The zero-order valence-corrected chi connectivity index (χ0v) is 17.7. The number of benzene rings is 2. The summed E-state index contributed by atoms with van der Waals surface area (Å²) in [6, 6.07) is 10.6. The van der Waals surface area contributed by atoms with Crippen molar-refractivity contribution in [2.45, 2.75) is 39.0 Å². The van der Waals surface area contributed by atoms with Gasteiger partial charge in [-0.25, -0.2) is 0 Å². The molecule has 3 rings (SSSR count). The largest absolute Gasteiger partial charge is 0.328 e. The van der Waals surface area contributed by atoms with Crippen LogP contribution in [-0.2, 0) is 10.0 Å². The zero-order valence-electron chi connectivity index (χ0n) is 16.9. The fourth-order valence-electron chi connectivity index (χ4n) is 3.27. The Morgan fingerprint density at radius 2 is 1.79 bits per heavy atom. The molecule has 0 bridgehead atoms. The molecular formula is C21H25N3O3S. The van der Waals surface area contributed by atoms with Gasteiger partial charge in [0.05, 0.1) is 5.69 Å². The molecule has 0 radical (unpaired) electrons. The highest BCUT2D eigenvalue weighted by Gasteiger charge is 2.30. The van der Waals surface area contributed by atoms with Gasteiger partial charge in [0, 0.05) is 24.8 Å². The van der Waals surface area contributed by atoms with Crippen LogP contribution in [0.2, 0.25) is 0 Å². The first-order chi connectivity index (χ1) is 13.2. The minimum Gasteiger partial charge on any atom is -0.328 e. The van der Waals surface area contributed by atoms with E-state index < -0.39 is 10.0 Å². The molecule has 0 fully saturated rings. The summed E-state index contributed by atoms with van der Waals surface area (Å²) in [5.41, 5.74) is 3.88. The van der Waals surface area contributed by atoms with E-state index in [0.29, 0.717) is 23.6 Å². The molecule has 7 heteroatoms. The summed E-state index contributed by atoms with van der Waals surface area (Å²) in [7, 11) is -2.14. The van der Waals surface area contributed by atoms with E-state index in [4.69, 9.17) is 0 Å². The molecule has 1 amide bonds. The van der Waals surface area contributed by atoms with E-state index in [2.05, 4.69) is 4.40 Å². The standard InChI is InChI=1S/C21H25N3O3S/c1-6-11-24-16(4)22-28(26,27)20-13-17(8-10-19(20)24)21(25)23(5)18-9-7-14(2)15(3)12-18/h7-10,12-13H,6,11H2,1-5H3. The molecule has 28 heavy (non-hydrogen) atoms. The lowest BCUT2D eigenvalue weighted by atomic mass is 10.1. The third-order valence-corrected chi connectivity index (χ3v) is 6.44. The van der Waals surface area contributed by atoms with Gasteiger partial charge in [0.2, 0.25) is 0 Å². The minimum atomic E-state index is -3.83. The fraction of sp³-hybridized carbons (Fsp3) is 0.333. The summed E-state index contributed by atoms with van der Waals surface area (Å²) in [5.74, 6) is 0.176. The van der Waals surface area contributed by atoms with Crippen molar-refractivity contribution in [1.29, 1.82) is 0 Å². The molecule has 0 spiro atoms. The van der Waals surface area contributed by atoms with E-state index in [1.165, 1.54) is 11.0 Å². The lowest BCUT2D eigenvalue weighted by Crippen LogP contribution is -2.35. The Labute approximate surface area is 166 Å². The molecule has 0 aromatic heterocycles. The molecule has 1 heterocycles. The van der Waals surface area contributed by atoms with Gasteiger partial charge in [0.25, 0.3) is 15.9 Å². The monoisotopic (exact) mass is 399 g/mol. The summed E-state index contributed by atoms with van der Waals surface area (Å²) >= 11 is 0. The normalized spacial score (nSPS) is 15.0. The first-order valence-corrected chi connectivity index (χ1v) is 10.7. The van der Waals surface area contributed by atoms with E-state index >= 15 is 0 Å². The van der Waals surface area contributed by atoms with E-state index in [1.807, 2.05) is 43.9 Å². The summed E-state index contributed by atoms with van der Waals surface area (Å²) < 4.78 is 29.1. The molecule has 2 aromatic rings. The lowest BCUT2D eigenvalue weighted by Gasteiger charge is -2.29.